The van der Waals surface area contributed by atoms with Gasteiger partial charge in [-0.25, -0.2) is 4.39 Å². The highest BCUT2D eigenvalue weighted by molar-refractivity contribution is 5.85. The first kappa shape index (κ1) is 16.4. The van der Waals surface area contributed by atoms with E-state index in [1.165, 1.54) is 0 Å². The summed E-state index contributed by atoms with van der Waals surface area (Å²) >= 11 is 0. The lowest BCUT2D eigenvalue weighted by atomic mass is 10.2. The summed E-state index contributed by atoms with van der Waals surface area (Å²) in [6.45, 7) is 3.21. The fraction of sp³-hybridized carbons (Fsp3) is 0.444. The number of carbonyl (C=O) groups is 1. The van der Waals surface area contributed by atoms with Gasteiger partial charge in [-0.15, -0.1) is 12.4 Å². The third-order valence-electron chi connectivity index (χ3n) is 1.51. The molecule has 0 saturated heterocycles. The van der Waals surface area contributed by atoms with Gasteiger partial charge >= 0.3 is 5.97 Å². The van der Waals surface area contributed by atoms with Crippen molar-refractivity contribution in [3.63, 3.8) is 0 Å². The summed E-state index contributed by atoms with van der Waals surface area (Å²) in [5, 5.41) is 11.1. The van der Waals surface area contributed by atoms with Crippen LogP contribution in [0.1, 0.15) is 6.42 Å². The second-order valence-corrected chi connectivity index (χ2v) is 2.77. The molecular weight excluding hydrogens is 223 g/mol. The minimum atomic E-state index is -1.03. The summed E-state index contributed by atoms with van der Waals surface area (Å²) in [6.07, 6.45) is 3.58. The molecule has 4 nitrogen and oxygen atoms in total. The maximum absolute atomic E-state index is 11.8. The van der Waals surface area contributed by atoms with Crippen molar-refractivity contribution in [2.45, 2.75) is 12.5 Å². The molecule has 88 valence electrons. The van der Waals surface area contributed by atoms with Crippen molar-refractivity contribution < 1.29 is 14.3 Å². The average molecular weight is 239 g/mol. The zero-order valence-corrected chi connectivity index (χ0v) is 9.10. The molecule has 1 atom stereocenters. The van der Waals surface area contributed by atoms with E-state index in [9.17, 15) is 9.18 Å². The van der Waals surface area contributed by atoms with E-state index in [0.29, 0.717) is 12.2 Å². The summed E-state index contributed by atoms with van der Waals surface area (Å²) in [4.78, 5) is 10.3. The predicted octanol–water partition coefficient (Wildman–Crippen LogP) is 0.839. The van der Waals surface area contributed by atoms with Gasteiger partial charge in [-0.3, -0.25) is 4.79 Å². The van der Waals surface area contributed by atoms with Gasteiger partial charge in [0.25, 0.3) is 0 Å². The van der Waals surface area contributed by atoms with E-state index in [-0.39, 0.29) is 18.8 Å². The van der Waals surface area contributed by atoms with Crippen molar-refractivity contribution in [1.29, 1.82) is 0 Å². The van der Waals surface area contributed by atoms with Crippen LogP contribution >= 0.6 is 12.4 Å². The number of carboxylic acid groups (broad SMARTS) is 1. The van der Waals surface area contributed by atoms with Crippen molar-refractivity contribution in [2.75, 3.05) is 13.2 Å². The van der Waals surface area contributed by atoms with Crippen LogP contribution in [0.5, 0.6) is 0 Å². The molecule has 0 heterocycles. The van der Waals surface area contributed by atoms with Crippen LogP contribution in [-0.2, 0) is 4.79 Å². The molecule has 0 amide bonds. The standard InChI is InChI=1S/C9H15FN2O2.ClH/c1-7(6-10)12-5-3-2-4-8(11)9(13)14;/h2-3,8,12H,1,4-6,11H2,(H,13,14);1H/b3-2+;. The molecule has 0 aromatic heterocycles. The monoisotopic (exact) mass is 238 g/mol. The Hall–Kier alpha value is -1.07. The average Bonchev–Trinajstić information content (AvgIpc) is 2.16. The molecule has 0 aliphatic carbocycles. The highest BCUT2D eigenvalue weighted by Crippen LogP contribution is 1.90. The van der Waals surface area contributed by atoms with Gasteiger partial charge in [0.05, 0.1) is 0 Å². The molecule has 0 spiro atoms. The van der Waals surface area contributed by atoms with Gasteiger partial charge in [0.15, 0.2) is 0 Å². The molecule has 6 heteroatoms. The lowest BCUT2D eigenvalue weighted by Gasteiger charge is -2.02. The minimum absolute atomic E-state index is 0. The Labute approximate surface area is 94.4 Å². The van der Waals surface area contributed by atoms with Crippen molar-refractivity contribution in [3.8, 4) is 0 Å². The van der Waals surface area contributed by atoms with Gasteiger partial charge in [-0.2, -0.15) is 0 Å². The quantitative estimate of drug-likeness (QED) is 0.575. The molecule has 0 aliphatic heterocycles. The molecular formula is C9H16ClFN2O2. The number of allylic oxidation sites excluding steroid dienone is 1. The number of halogens is 2. The second-order valence-electron chi connectivity index (χ2n) is 2.77. The molecule has 0 aliphatic rings. The second kappa shape index (κ2) is 9.48. The summed E-state index contributed by atoms with van der Waals surface area (Å²) in [5.41, 5.74) is 5.54. The number of nitrogens with two attached hydrogens (primary N) is 1. The van der Waals surface area contributed by atoms with Crippen molar-refractivity contribution in [3.05, 3.63) is 24.4 Å². The minimum Gasteiger partial charge on any atom is -0.480 e. The fourth-order valence-corrected chi connectivity index (χ4v) is 0.677. The summed E-state index contributed by atoms with van der Waals surface area (Å²) in [6, 6.07) is -0.879. The van der Waals surface area contributed by atoms with Gasteiger partial charge in [0, 0.05) is 12.2 Å². The fourth-order valence-electron chi connectivity index (χ4n) is 0.677. The Bertz CT molecular complexity index is 234. The smallest absolute Gasteiger partial charge is 0.320 e. The van der Waals surface area contributed by atoms with E-state index in [1.807, 2.05) is 0 Å². The number of rotatable bonds is 7. The van der Waals surface area contributed by atoms with Gasteiger partial charge in [-0.1, -0.05) is 18.7 Å². The van der Waals surface area contributed by atoms with Crippen LogP contribution in [0.4, 0.5) is 4.39 Å². The highest BCUT2D eigenvalue weighted by atomic mass is 35.5. The number of alkyl halides is 1. The molecule has 15 heavy (non-hydrogen) atoms. The van der Waals surface area contributed by atoms with Crippen LogP contribution in [0, 0.1) is 0 Å². The van der Waals surface area contributed by atoms with Crippen molar-refractivity contribution in [1.82, 2.24) is 5.32 Å². The largest absolute Gasteiger partial charge is 0.480 e. The summed E-state index contributed by atoms with van der Waals surface area (Å²) in [5.74, 6) is -1.03. The summed E-state index contributed by atoms with van der Waals surface area (Å²) < 4.78 is 11.8. The van der Waals surface area contributed by atoms with E-state index in [4.69, 9.17) is 10.8 Å². The lowest BCUT2D eigenvalue weighted by molar-refractivity contribution is -0.138. The molecule has 0 rings (SSSR count). The molecule has 4 N–H and O–H groups in total. The van der Waals surface area contributed by atoms with E-state index >= 15 is 0 Å². The molecule has 0 aromatic rings. The maximum atomic E-state index is 11.8. The molecule has 0 aromatic carbocycles. The predicted molar refractivity (Wildman–Crippen MR) is 59.7 cm³/mol. The maximum Gasteiger partial charge on any atom is 0.320 e. The van der Waals surface area contributed by atoms with Crippen LogP contribution in [0.3, 0.4) is 0 Å². The summed E-state index contributed by atoms with van der Waals surface area (Å²) in [7, 11) is 0. The first-order chi connectivity index (χ1) is 6.57. The van der Waals surface area contributed by atoms with Crippen LogP contribution in [0.2, 0.25) is 0 Å². The molecule has 1 unspecified atom stereocenters. The Morgan fingerprint density at radius 1 is 1.60 bits per heavy atom. The van der Waals surface area contributed by atoms with Crippen LogP contribution in [0.25, 0.3) is 0 Å². The first-order valence-corrected chi connectivity index (χ1v) is 4.19. The van der Waals surface area contributed by atoms with E-state index < -0.39 is 18.7 Å². The third-order valence-corrected chi connectivity index (χ3v) is 1.51. The van der Waals surface area contributed by atoms with Gasteiger partial charge < -0.3 is 16.2 Å². The number of aliphatic carboxylic acids is 1. The van der Waals surface area contributed by atoms with E-state index in [0.717, 1.165) is 0 Å². The van der Waals surface area contributed by atoms with Crippen molar-refractivity contribution in [2.24, 2.45) is 5.73 Å². The Morgan fingerprint density at radius 2 is 2.20 bits per heavy atom. The van der Waals surface area contributed by atoms with E-state index in [1.54, 1.807) is 12.2 Å². The zero-order chi connectivity index (χ0) is 11.0. The van der Waals surface area contributed by atoms with Gasteiger partial charge in [0.1, 0.15) is 12.7 Å². The Morgan fingerprint density at radius 3 is 2.67 bits per heavy atom. The number of hydrogen-bond donors (Lipinski definition) is 3. The lowest BCUT2D eigenvalue weighted by Crippen LogP contribution is -2.29. The number of hydrogen-bond acceptors (Lipinski definition) is 3. The third kappa shape index (κ3) is 9.24. The normalized spacial score (nSPS) is 11.9. The van der Waals surface area contributed by atoms with Crippen LogP contribution in [0.15, 0.2) is 24.4 Å². The molecule has 0 radical (unpaired) electrons. The molecule has 0 fully saturated rings. The van der Waals surface area contributed by atoms with Crippen molar-refractivity contribution >= 4 is 18.4 Å². The van der Waals surface area contributed by atoms with Crippen LogP contribution < -0.4 is 11.1 Å². The Balaban J connectivity index is 0. The van der Waals surface area contributed by atoms with Gasteiger partial charge in [-0.05, 0) is 6.42 Å². The first-order valence-electron chi connectivity index (χ1n) is 4.19. The molecule has 0 bridgehead atoms. The SMILES string of the molecule is C=C(CF)NC/C=C/CC(N)C(=O)O.Cl. The number of nitrogens with one attached hydrogen (secondary N) is 1. The molecule has 0 saturated carbocycles. The van der Waals surface area contributed by atoms with Crippen LogP contribution in [-0.4, -0.2) is 30.3 Å². The topological polar surface area (TPSA) is 75.3 Å². The zero-order valence-electron chi connectivity index (χ0n) is 8.28. The number of carboxylic acids is 1. The van der Waals surface area contributed by atoms with Gasteiger partial charge in [0.2, 0.25) is 0 Å². The highest BCUT2D eigenvalue weighted by Gasteiger charge is 2.07. The Kier molecular flexibility index (Phi) is 10.3. The van der Waals surface area contributed by atoms with E-state index in [2.05, 4.69) is 11.9 Å².